The topological polar surface area (TPSA) is 81.9 Å². The normalized spacial score (nSPS) is 9.84. The molecule has 0 aliphatic heterocycles. The van der Waals surface area contributed by atoms with Crippen LogP contribution in [0.2, 0.25) is 0 Å². The Morgan fingerprint density at radius 3 is 2.63 bits per heavy atom. The summed E-state index contributed by atoms with van der Waals surface area (Å²) in [5, 5.41) is 0. The Hall–Kier alpha value is -2.24. The molecule has 0 atom stereocenters. The van der Waals surface area contributed by atoms with E-state index >= 15 is 0 Å². The van der Waals surface area contributed by atoms with Gasteiger partial charge in [0.1, 0.15) is 12.3 Å². The number of hydrogen-bond donors (Lipinski definition) is 1. The zero-order valence-electron chi connectivity index (χ0n) is 11.3. The Labute approximate surface area is 112 Å². The van der Waals surface area contributed by atoms with Gasteiger partial charge in [0, 0.05) is 18.8 Å². The van der Waals surface area contributed by atoms with Gasteiger partial charge in [0.25, 0.3) is 5.91 Å². The van der Waals surface area contributed by atoms with Gasteiger partial charge in [-0.2, -0.15) is 0 Å². The fourth-order valence-corrected chi connectivity index (χ4v) is 1.56. The molecule has 104 valence electrons. The first-order valence-corrected chi connectivity index (χ1v) is 5.84. The van der Waals surface area contributed by atoms with Gasteiger partial charge in [0.05, 0.1) is 19.3 Å². The number of likely N-dealkylation sites (N-methyl/N-ethyl adjacent to an activating group) is 1. The number of methoxy groups -OCH3 is 1. The van der Waals surface area contributed by atoms with Crippen LogP contribution in [0.15, 0.2) is 18.2 Å². The number of carbonyl (C=O) groups excluding carboxylic acids is 2. The summed E-state index contributed by atoms with van der Waals surface area (Å²) in [5.41, 5.74) is 6.47. The van der Waals surface area contributed by atoms with Gasteiger partial charge in [-0.3, -0.25) is 9.59 Å². The van der Waals surface area contributed by atoms with Gasteiger partial charge in [-0.1, -0.05) is 0 Å². The summed E-state index contributed by atoms with van der Waals surface area (Å²) in [6.07, 6.45) is 0. The molecule has 0 aliphatic rings. The second-order valence-corrected chi connectivity index (χ2v) is 3.93. The third kappa shape index (κ3) is 3.87. The van der Waals surface area contributed by atoms with Gasteiger partial charge in [0.2, 0.25) is 0 Å². The largest absolute Gasteiger partial charge is 0.496 e. The number of carbonyl (C=O) groups is 2. The second kappa shape index (κ2) is 6.63. The lowest BCUT2D eigenvalue weighted by molar-refractivity contribution is -0.143. The number of nitrogens with two attached hydrogens (primary N) is 1. The van der Waals surface area contributed by atoms with E-state index in [0.29, 0.717) is 17.0 Å². The highest BCUT2D eigenvalue weighted by atomic mass is 16.5. The molecule has 0 aromatic heterocycles. The maximum atomic E-state index is 12.2. The summed E-state index contributed by atoms with van der Waals surface area (Å²) >= 11 is 0. The van der Waals surface area contributed by atoms with Crippen LogP contribution in [-0.4, -0.2) is 44.1 Å². The van der Waals surface area contributed by atoms with E-state index in [-0.39, 0.29) is 19.1 Å². The Balaban J connectivity index is 2.85. The Bertz CT molecular complexity index is 474. The number of rotatable bonds is 5. The van der Waals surface area contributed by atoms with Crippen molar-refractivity contribution in [2.75, 3.05) is 33.0 Å². The van der Waals surface area contributed by atoms with Crippen molar-refractivity contribution in [1.82, 2.24) is 4.90 Å². The van der Waals surface area contributed by atoms with Crippen LogP contribution in [0.25, 0.3) is 0 Å². The fraction of sp³-hybridized carbons (Fsp3) is 0.385. The van der Waals surface area contributed by atoms with E-state index in [9.17, 15) is 9.59 Å². The van der Waals surface area contributed by atoms with Crippen LogP contribution < -0.4 is 10.5 Å². The van der Waals surface area contributed by atoms with E-state index in [1.807, 2.05) is 0 Å². The number of anilines is 1. The highest BCUT2D eigenvalue weighted by Gasteiger charge is 2.19. The van der Waals surface area contributed by atoms with E-state index < -0.39 is 5.97 Å². The number of hydrogen-bond acceptors (Lipinski definition) is 5. The van der Waals surface area contributed by atoms with Crippen LogP contribution in [-0.2, 0) is 9.53 Å². The third-order valence-corrected chi connectivity index (χ3v) is 2.47. The Morgan fingerprint density at radius 1 is 1.37 bits per heavy atom. The predicted molar refractivity (Wildman–Crippen MR) is 71.0 cm³/mol. The highest BCUT2D eigenvalue weighted by molar-refractivity contribution is 5.98. The highest BCUT2D eigenvalue weighted by Crippen LogP contribution is 2.22. The second-order valence-electron chi connectivity index (χ2n) is 3.93. The SMILES string of the molecule is CCOC(=O)CN(C)C(=O)c1ccc(N)cc1OC. The molecule has 0 bridgehead atoms. The minimum absolute atomic E-state index is 0.111. The van der Waals surface area contributed by atoms with Crippen molar-refractivity contribution in [3.05, 3.63) is 23.8 Å². The Morgan fingerprint density at radius 2 is 2.05 bits per heavy atom. The first-order valence-electron chi connectivity index (χ1n) is 5.84. The molecule has 0 unspecified atom stereocenters. The fourth-order valence-electron chi connectivity index (χ4n) is 1.56. The van der Waals surface area contributed by atoms with E-state index in [0.717, 1.165) is 0 Å². The molecule has 6 heteroatoms. The molecular formula is C13H18N2O4. The average molecular weight is 266 g/mol. The lowest BCUT2D eigenvalue weighted by Crippen LogP contribution is -2.33. The summed E-state index contributed by atoms with van der Waals surface area (Å²) in [6.45, 7) is 1.88. The smallest absolute Gasteiger partial charge is 0.325 e. The summed E-state index contributed by atoms with van der Waals surface area (Å²) in [7, 11) is 2.98. The van der Waals surface area contributed by atoms with Crippen LogP contribution >= 0.6 is 0 Å². The first kappa shape index (κ1) is 14.8. The molecule has 0 radical (unpaired) electrons. The van der Waals surface area contributed by atoms with Crippen LogP contribution in [0.3, 0.4) is 0 Å². The van der Waals surface area contributed by atoms with Crippen LogP contribution in [0.5, 0.6) is 5.75 Å². The molecule has 1 rings (SSSR count). The lowest BCUT2D eigenvalue weighted by Gasteiger charge is -2.17. The molecule has 0 fully saturated rings. The molecule has 1 aromatic rings. The third-order valence-electron chi connectivity index (χ3n) is 2.47. The average Bonchev–Trinajstić information content (AvgIpc) is 2.37. The minimum Gasteiger partial charge on any atom is -0.496 e. The maximum Gasteiger partial charge on any atom is 0.325 e. The molecule has 1 aromatic carbocycles. The van der Waals surface area contributed by atoms with Crippen molar-refractivity contribution in [3.63, 3.8) is 0 Å². The van der Waals surface area contributed by atoms with Gasteiger partial charge < -0.3 is 20.1 Å². The molecule has 6 nitrogen and oxygen atoms in total. The van der Waals surface area contributed by atoms with Crippen LogP contribution in [0.4, 0.5) is 5.69 Å². The minimum atomic E-state index is -0.451. The quantitative estimate of drug-likeness (QED) is 0.633. The number of nitrogens with zero attached hydrogens (tertiary/aromatic N) is 1. The van der Waals surface area contributed by atoms with Gasteiger partial charge in [0.15, 0.2) is 0 Å². The van der Waals surface area contributed by atoms with E-state index in [1.54, 1.807) is 25.1 Å². The number of nitrogen functional groups attached to an aromatic ring is 1. The van der Waals surface area contributed by atoms with Crippen molar-refractivity contribution in [3.8, 4) is 5.75 Å². The van der Waals surface area contributed by atoms with Crippen LogP contribution in [0.1, 0.15) is 17.3 Å². The molecule has 0 heterocycles. The standard InChI is InChI=1S/C13H18N2O4/c1-4-19-12(16)8-15(2)13(17)10-6-5-9(14)7-11(10)18-3/h5-7H,4,8,14H2,1-3H3. The predicted octanol–water partition coefficient (Wildman–Crippen LogP) is 0.912. The van der Waals surface area contributed by atoms with Crippen molar-refractivity contribution >= 4 is 17.6 Å². The van der Waals surface area contributed by atoms with E-state index in [2.05, 4.69) is 0 Å². The van der Waals surface area contributed by atoms with Crippen molar-refractivity contribution in [2.24, 2.45) is 0 Å². The molecule has 0 saturated carbocycles. The first-order chi connectivity index (χ1) is 8.99. The lowest BCUT2D eigenvalue weighted by atomic mass is 10.1. The summed E-state index contributed by atoms with van der Waals surface area (Å²) in [4.78, 5) is 24.8. The van der Waals surface area contributed by atoms with Gasteiger partial charge in [-0.25, -0.2) is 0 Å². The summed E-state index contributed by atoms with van der Waals surface area (Å²) in [6, 6.07) is 4.73. The van der Waals surface area contributed by atoms with E-state index in [1.165, 1.54) is 19.1 Å². The van der Waals surface area contributed by atoms with Gasteiger partial charge in [-0.15, -0.1) is 0 Å². The van der Waals surface area contributed by atoms with Crippen molar-refractivity contribution in [2.45, 2.75) is 6.92 Å². The van der Waals surface area contributed by atoms with Gasteiger partial charge >= 0.3 is 5.97 Å². The zero-order chi connectivity index (χ0) is 14.4. The summed E-state index contributed by atoms with van der Waals surface area (Å²) < 4.78 is 9.90. The molecule has 19 heavy (non-hydrogen) atoms. The molecule has 0 aliphatic carbocycles. The molecule has 0 spiro atoms. The molecule has 0 saturated heterocycles. The Kier molecular flexibility index (Phi) is 5.17. The van der Waals surface area contributed by atoms with Crippen LogP contribution in [0, 0.1) is 0 Å². The molecule has 1 amide bonds. The van der Waals surface area contributed by atoms with Crippen molar-refractivity contribution in [1.29, 1.82) is 0 Å². The number of amides is 1. The number of ether oxygens (including phenoxy) is 2. The maximum absolute atomic E-state index is 12.2. The number of benzene rings is 1. The number of esters is 1. The molecular weight excluding hydrogens is 248 g/mol. The molecule has 2 N–H and O–H groups in total. The summed E-state index contributed by atoms with van der Waals surface area (Å²) in [5.74, 6) is -0.404. The monoisotopic (exact) mass is 266 g/mol. The zero-order valence-corrected chi connectivity index (χ0v) is 11.3. The van der Waals surface area contributed by atoms with Gasteiger partial charge in [-0.05, 0) is 19.1 Å². The van der Waals surface area contributed by atoms with E-state index in [4.69, 9.17) is 15.2 Å². The van der Waals surface area contributed by atoms with Crippen molar-refractivity contribution < 1.29 is 19.1 Å².